The first-order valence-corrected chi connectivity index (χ1v) is 13.3. The lowest BCUT2D eigenvalue weighted by Crippen LogP contribution is -2.23. The molecule has 0 saturated heterocycles. The van der Waals surface area contributed by atoms with Gasteiger partial charge in [0.25, 0.3) is 5.91 Å². The molecule has 0 bridgehead atoms. The molecule has 9 heteroatoms. The predicted molar refractivity (Wildman–Crippen MR) is 142 cm³/mol. The van der Waals surface area contributed by atoms with Crippen LogP contribution in [0.3, 0.4) is 0 Å². The van der Waals surface area contributed by atoms with Crippen molar-refractivity contribution in [2.24, 2.45) is 5.92 Å². The lowest BCUT2D eigenvalue weighted by atomic mass is 9.98. The maximum absolute atomic E-state index is 12.4. The zero-order valence-electron chi connectivity index (χ0n) is 21.3. The van der Waals surface area contributed by atoms with E-state index in [0.29, 0.717) is 24.7 Å². The highest BCUT2D eigenvalue weighted by molar-refractivity contribution is 5.91. The molecule has 1 fully saturated rings. The topological polar surface area (TPSA) is 111 Å². The van der Waals surface area contributed by atoms with Crippen LogP contribution in [0.4, 0.5) is 0 Å². The summed E-state index contributed by atoms with van der Waals surface area (Å²) in [6.07, 6.45) is 12.3. The number of unbranched alkanes of at least 4 members (excludes halogenated alkanes) is 1. The molecule has 0 aromatic carbocycles. The summed E-state index contributed by atoms with van der Waals surface area (Å²) in [5.41, 5.74) is 8.56. The molecule has 2 aliphatic carbocycles. The lowest BCUT2D eigenvalue weighted by molar-refractivity contribution is 0.0945. The highest BCUT2D eigenvalue weighted by Crippen LogP contribution is 2.46. The number of amides is 1. The van der Waals surface area contributed by atoms with Crippen molar-refractivity contribution in [3.05, 3.63) is 101 Å². The van der Waals surface area contributed by atoms with E-state index in [0.717, 1.165) is 54.9 Å². The first kappa shape index (κ1) is 24.1. The van der Waals surface area contributed by atoms with Crippen LogP contribution in [-0.4, -0.2) is 41.1 Å². The maximum Gasteiger partial charge on any atom is 0.273 e. The van der Waals surface area contributed by atoms with Crippen LogP contribution < -0.4 is 5.32 Å². The van der Waals surface area contributed by atoms with E-state index in [1.165, 1.54) is 24.0 Å². The summed E-state index contributed by atoms with van der Waals surface area (Å²) >= 11 is 0. The smallest absolute Gasteiger partial charge is 0.273 e. The summed E-state index contributed by atoms with van der Waals surface area (Å²) in [5, 5.41) is 20.1. The fourth-order valence-electron chi connectivity index (χ4n) is 5.00. The van der Waals surface area contributed by atoms with Gasteiger partial charge >= 0.3 is 0 Å². The fourth-order valence-corrected chi connectivity index (χ4v) is 5.00. The first-order valence-electron chi connectivity index (χ1n) is 13.3. The second kappa shape index (κ2) is 11.0. The van der Waals surface area contributed by atoms with Crippen LogP contribution in [0.25, 0.3) is 5.57 Å². The van der Waals surface area contributed by atoms with Crippen molar-refractivity contribution >= 4 is 11.5 Å². The van der Waals surface area contributed by atoms with Crippen LogP contribution in [0, 0.1) is 5.92 Å². The summed E-state index contributed by atoms with van der Waals surface area (Å²) in [7, 11) is 0. The monoisotopic (exact) mass is 506 g/mol. The minimum absolute atomic E-state index is 0.254. The molecule has 6 rings (SSSR count). The van der Waals surface area contributed by atoms with E-state index in [-0.39, 0.29) is 5.91 Å². The van der Waals surface area contributed by atoms with Crippen LogP contribution in [0.2, 0.25) is 0 Å². The Balaban J connectivity index is 1.03. The van der Waals surface area contributed by atoms with Crippen molar-refractivity contribution in [3.63, 3.8) is 0 Å². The summed E-state index contributed by atoms with van der Waals surface area (Å²) in [5.74, 6) is 0.450. The van der Waals surface area contributed by atoms with Gasteiger partial charge in [-0.2, -0.15) is 10.2 Å². The number of carbonyl (C=O) groups is 1. The Kier molecular flexibility index (Phi) is 6.97. The standard InChI is InChI=1S/C29H30N8O/c38-29(32-18-23-9-2-5-13-31-23)28-19-37(36-35-28)14-6-3-8-22-16-26-25(15-21-7-1-4-12-30-21)24(20-10-11-20)17-27(26)34-33-22/h1-2,4-5,7,9,12-13,16,19-20H,3,6,8,10-11,14-15,17-18H2,(H,32,38). The van der Waals surface area contributed by atoms with E-state index in [1.807, 2.05) is 30.5 Å². The van der Waals surface area contributed by atoms with Gasteiger partial charge in [0.05, 0.1) is 29.8 Å². The molecule has 2 aliphatic rings. The van der Waals surface area contributed by atoms with Crippen molar-refractivity contribution in [2.75, 3.05) is 0 Å². The third-order valence-electron chi connectivity index (χ3n) is 7.14. The molecule has 4 aromatic heterocycles. The second-order valence-electron chi connectivity index (χ2n) is 9.98. The van der Waals surface area contributed by atoms with Gasteiger partial charge in [0.1, 0.15) is 0 Å². The molecule has 9 nitrogen and oxygen atoms in total. The number of hydrogen-bond acceptors (Lipinski definition) is 7. The molecular weight excluding hydrogens is 476 g/mol. The van der Waals surface area contributed by atoms with Crippen LogP contribution in [0.1, 0.15) is 64.5 Å². The molecule has 4 aromatic rings. The van der Waals surface area contributed by atoms with Gasteiger partial charge < -0.3 is 5.32 Å². The summed E-state index contributed by atoms with van der Waals surface area (Å²) in [4.78, 5) is 21.1. The van der Waals surface area contributed by atoms with E-state index in [4.69, 9.17) is 0 Å². The number of fused-ring (bicyclic) bond motifs is 1. The normalized spacial score (nSPS) is 14.5. The van der Waals surface area contributed by atoms with Gasteiger partial charge in [0.2, 0.25) is 0 Å². The zero-order chi connectivity index (χ0) is 25.7. The van der Waals surface area contributed by atoms with Gasteiger partial charge in [-0.15, -0.1) is 5.10 Å². The van der Waals surface area contributed by atoms with Gasteiger partial charge in [-0.1, -0.05) is 22.9 Å². The van der Waals surface area contributed by atoms with Crippen molar-refractivity contribution in [3.8, 4) is 0 Å². The number of aromatic nitrogens is 7. The Morgan fingerprint density at radius 3 is 2.53 bits per heavy atom. The Hall–Kier alpha value is -4.27. The fraction of sp³-hybridized carbons (Fsp3) is 0.345. The Morgan fingerprint density at radius 1 is 0.947 bits per heavy atom. The van der Waals surface area contributed by atoms with E-state index < -0.39 is 0 Å². The van der Waals surface area contributed by atoms with Gasteiger partial charge in [0.15, 0.2) is 5.69 Å². The van der Waals surface area contributed by atoms with Crippen molar-refractivity contribution < 1.29 is 4.79 Å². The molecule has 192 valence electrons. The number of nitrogens with zero attached hydrogens (tertiary/aromatic N) is 7. The average molecular weight is 507 g/mol. The Bertz CT molecular complexity index is 1440. The lowest BCUT2D eigenvalue weighted by Gasteiger charge is -2.09. The predicted octanol–water partition coefficient (Wildman–Crippen LogP) is 3.77. The molecule has 1 amide bonds. The molecule has 0 aliphatic heterocycles. The van der Waals surface area contributed by atoms with Gasteiger partial charge in [-0.3, -0.25) is 19.4 Å². The van der Waals surface area contributed by atoms with E-state index in [1.54, 1.807) is 22.6 Å². The minimum Gasteiger partial charge on any atom is -0.345 e. The van der Waals surface area contributed by atoms with Crippen LogP contribution in [0.5, 0.6) is 0 Å². The third kappa shape index (κ3) is 5.66. The number of rotatable bonds is 11. The Labute approximate surface area is 221 Å². The molecule has 38 heavy (non-hydrogen) atoms. The minimum atomic E-state index is -0.254. The largest absolute Gasteiger partial charge is 0.345 e. The second-order valence-corrected chi connectivity index (χ2v) is 9.98. The first-order chi connectivity index (χ1) is 18.7. The average Bonchev–Trinajstić information content (AvgIpc) is 3.59. The molecule has 0 atom stereocenters. The van der Waals surface area contributed by atoms with E-state index >= 15 is 0 Å². The number of pyridine rings is 2. The van der Waals surface area contributed by atoms with Crippen molar-refractivity contribution in [1.29, 1.82) is 0 Å². The van der Waals surface area contributed by atoms with Crippen molar-refractivity contribution in [1.82, 2.24) is 40.5 Å². The quantitative estimate of drug-likeness (QED) is 0.308. The van der Waals surface area contributed by atoms with Crippen LogP contribution >= 0.6 is 0 Å². The Morgan fingerprint density at radius 2 is 1.76 bits per heavy atom. The van der Waals surface area contributed by atoms with Gasteiger partial charge in [-0.05, 0) is 73.9 Å². The number of allylic oxidation sites excluding steroid dienone is 2. The van der Waals surface area contributed by atoms with Crippen LogP contribution in [-0.2, 0) is 32.4 Å². The molecular formula is C29H30N8O. The van der Waals surface area contributed by atoms with Crippen LogP contribution in [0.15, 0.2) is 66.6 Å². The molecule has 0 radical (unpaired) electrons. The molecule has 1 saturated carbocycles. The highest BCUT2D eigenvalue weighted by Gasteiger charge is 2.34. The molecule has 0 spiro atoms. The van der Waals surface area contributed by atoms with E-state index in [9.17, 15) is 4.79 Å². The number of hydrogen-bond donors (Lipinski definition) is 1. The van der Waals surface area contributed by atoms with E-state index in [2.05, 4.69) is 54.0 Å². The SMILES string of the molecule is O=C(NCc1ccccn1)c1cn(CCCCc2cc3c(nn2)CC(C2CC2)=C3Cc2ccccn2)nn1. The molecule has 4 heterocycles. The van der Waals surface area contributed by atoms with Crippen molar-refractivity contribution in [2.45, 2.75) is 58.0 Å². The van der Waals surface area contributed by atoms with Gasteiger partial charge in [0, 0.05) is 43.0 Å². The number of carbonyl (C=O) groups excluding carboxylic acids is 1. The third-order valence-corrected chi connectivity index (χ3v) is 7.14. The summed E-state index contributed by atoms with van der Waals surface area (Å²) < 4.78 is 1.72. The van der Waals surface area contributed by atoms with Gasteiger partial charge in [-0.25, -0.2) is 0 Å². The number of aryl methyl sites for hydroxylation is 2. The molecule has 1 N–H and O–H groups in total. The summed E-state index contributed by atoms with van der Waals surface area (Å²) in [6, 6.07) is 14.0. The zero-order valence-corrected chi connectivity index (χ0v) is 21.3. The maximum atomic E-state index is 12.4. The highest BCUT2D eigenvalue weighted by atomic mass is 16.2. The molecule has 0 unspecified atom stereocenters. The summed E-state index contributed by atoms with van der Waals surface area (Å²) in [6.45, 7) is 1.05. The number of nitrogens with one attached hydrogen (secondary N) is 1.